The van der Waals surface area contributed by atoms with E-state index in [4.69, 9.17) is 0 Å². The van der Waals surface area contributed by atoms with Crippen LogP contribution >= 0.6 is 0 Å². The summed E-state index contributed by atoms with van der Waals surface area (Å²) in [5.74, 6) is 0. The van der Waals surface area contributed by atoms with Gasteiger partial charge in [0, 0.05) is 19.1 Å². The number of hydrogen-bond donors (Lipinski definition) is 1. The maximum atomic E-state index is 4.09. The van der Waals surface area contributed by atoms with Crippen LogP contribution in [0.1, 0.15) is 26.7 Å². The van der Waals surface area contributed by atoms with Crippen LogP contribution in [0.4, 0.5) is 0 Å². The Bertz CT molecular complexity index is 157. The normalized spacial score (nSPS) is 16.5. The predicted molar refractivity (Wildman–Crippen MR) is 58.0 cm³/mol. The molecule has 0 aliphatic heterocycles. The zero-order chi connectivity index (χ0) is 9.68. The molecule has 76 valence electrons. The Morgan fingerprint density at radius 3 is 2.46 bits per heavy atom. The summed E-state index contributed by atoms with van der Waals surface area (Å²) in [5, 5.41) is 3.48. The van der Waals surface area contributed by atoms with Crippen LogP contribution in [0.5, 0.6) is 0 Å². The smallest absolute Gasteiger partial charge is 0.0202 e. The van der Waals surface area contributed by atoms with Crippen molar-refractivity contribution in [3.05, 3.63) is 12.2 Å². The highest BCUT2D eigenvalue weighted by molar-refractivity contribution is 5.01. The third-order valence-corrected chi connectivity index (χ3v) is 2.56. The van der Waals surface area contributed by atoms with Gasteiger partial charge in [-0.15, -0.1) is 0 Å². The van der Waals surface area contributed by atoms with Crippen molar-refractivity contribution in [1.29, 1.82) is 0 Å². The first-order valence-corrected chi connectivity index (χ1v) is 5.38. The van der Waals surface area contributed by atoms with Crippen molar-refractivity contribution in [1.82, 2.24) is 10.2 Å². The van der Waals surface area contributed by atoms with E-state index in [0.29, 0.717) is 0 Å². The Labute approximate surface area is 82.0 Å². The molecule has 1 rings (SSSR count). The van der Waals surface area contributed by atoms with E-state index in [-0.39, 0.29) is 0 Å². The van der Waals surface area contributed by atoms with Crippen LogP contribution in [0, 0.1) is 0 Å². The average Bonchev–Trinajstić information content (AvgIpc) is 2.94. The Balaban J connectivity index is 2.07. The summed E-state index contributed by atoms with van der Waals surface area (Å²) in [5.41, 5.74) is 1.32. The fourth-order valence-corrected chi connectivity index (χ4v) is 1.40. The standard InChI is InChI=1S/C11H22N2/c1-4-13(5-2)9-10(3)8-12-11-6-7-11/h11-12H,3-9H2,1-2H3. The molecule has 0 aromatic carbocycles. The lowest BCUT2D eigenvalue weighted by atomic mass is 10.2. The zero-order valence-electron chi connectivity index (χ0n) is 8.97. The molecule has 0 bridgehead atoms. The van der Waals surface area contributed by atoms with Crippen LogP contribution in [0.2, 0.25) is 0 Å². The molecule has 1 aliphatic carbocycles. The maximum absolute atomic E-state index is 4.09. The van der Waals surface area contributed by atoms with E-state index < -0.39 is 0 Å². The van der Waals surface area contributed by atoms with Crippen molar-refractivity contribution in [2.24, 2.45) is 0 Å². The maximum Gasteiger partial charge on any atom is 0.0202 e. The fraction of sp³-hybridized carbons (Fsp3) is 0.818. The van der Waals surface area contributed by atoms with Gasteiger partial charge in [-0.2, -0.15) is 0 Å². The van der Waals surface area contributed by atoms with Crippen molar-refractivity contribution in [2.45, 2.75) is 32.7 Å². The van der Waals surface area contributed by atoms with E-state index >= 15 is 0 Å². The molecule has 2 heteroatoms. The Morgan fingerprint density at radius 1 is 1.38 bits per heavy atom. The summed E-state index contributed by atoms with van der Waals surface area (Å²) >= 11 is 0. The Morgan fingerprint density at radius 2 is 2.00 bits per heavy atom. The molecule has 0 aromatic heterocycles. The first kappa shape index (κ1) is 10.7. The first-order chi connectivity index (χ1) is 6.26. The van der Waals surface area contributed by atoms with Gasteiger partial charge >= 0.3 is 0 Å². The molecule has 0 saturated heterocycles. The number of likely N-dealkylation sites (N-methyl/N-ethyl adjacent to an activating group) is 1. The van der Waals surface area contributed by atoms with Gasteiger partial charge in [-0.1, -0.05) is 20.4 Å². The molecule has 13 heavy (non-hydrogen) atoms. The summed E-state index contributed by atoms with van der Waals surface area (Å²) in [6, 6.07) is 0.799. The lowest BCUT2D eigenvalue weighted by Gasteiger charge is -2.19. The number of hydrogen-bond acceptors (Lipinski definition) is 2. The van der Waals surface area contributed by atoms with E-state index in [0.717, 1.165) is 32.2 Å². The molecule has 1 saturated carbocycles. The van der Waals surface area contributed by atoms with Crippen LogP contribution < -0.4 is 5.32 Å². The van der Waals surface area contributed by atoms with Gasteiger partial charge in [-0.3, -0.25) is 4.90 Å². The van der Waals surface area contributed by atoms with E-state index in [1.807, 2.05) is 0 Å². The highest BCUT2D eigenvalue weighted by atomic mass is 15.1. The first-order valence-electron chi connectivity index (χ1n) is 5.38. The number of rotatable bonds is 7. The van der Waals surface area contributed by atoms with Crippen LogP contribution in [0.25, 0.3) is 0 Å². The van der Waals surface area contributed by atoms with Crippen molar-refractivity contribution < 1.29 is 0 Å². The highest BCUT2D eigenvalue weighted by Crippen LogP contribution is 2.18. The average molecular weight is 182 g/mol. The van der Waals surface area contributed by atoms with Crippen LogP contribution in [-0.4, -0.2) is 37.1 Å². The molecule has 0 spiro atoms. The monoisotopic (exact) mass is 182 g/mol. The summed E-state index contributed by atoms with van der Waals surface area (Å²) in [6.45, 7) is 12.8. The molecule has 1 aliphatic rings. The van der Waals surface area contributed by atoms with Crippen LogP contribution in [0.15, 0.2) is 12.2 Å². The Hall–Kier alpha value is -0.340. The van der Waals surface area contributed by atoms with Crippen LogP contribution in [-0.2, 0) is 0 Å². The molecule has 1 fully saturated rings. The van der Waals surface area contributed by atoms with Gasteiger partial charge in [0.05, 0.1) is 0 Å². The molecular formula is C11H22N2. The lowest BCUT2D eigenvalue weighted by molar-refractivity contribution is 0.327. The molecule has 0 aromatic rings. The second-order valence-corrected chi connectivity index (χ2v) is 3.87. The van der Waals surface area contributed by atoms with Crippen molar-refractivity contribution in [3.63, 3.8) is 0 Å². The summed E-state index contributed by atoms with van der Waals surface area (Å²) in [7, 11) is 0. The van der Waals surface area contributed by atoms with Crippen LogP contribution in [0.3, 0.4) is 0 Å². The van der Waals surface area contributed by atoms with Gasteiger partial charge < -0.3 is 5.32 Å². The second kappa shape index (κ2) is 5.40. The van der Waals surface area contributed by atoms with Gasteiger partial charge in [0.25, 0.3) is 0 Å². The van der Waals surface area contributed by atoms with Gasteiger partial charge in [0.2, 0.25) is 0 Å². The van der Waals surface area contributed by atoms with Crippen molar-refractivity contribution >= 4 is 0 Å². The molecular weight excluding hydrogens is 160 g/mol. The van der Waals surface area contributed by atoms with Crippen molar-refractivity contribution in [3.8, 4) is 0 Å². The number of nitrogens with one attached hydrogen (secondary N) is 1. The molecule has 0 heterocycles. The second-order valence-electron chi connectivity index (χ2n) is 3.87. The zero-order valence-corrected chi connectivity index (χ0v) is 8.97. The minimum atomic E-state index is 0.799. The van der Waals surface area contributed by atoms with E-state index in [9.17, 15) is 0 Å². The lowest BCUT2D eigenvalue weighted by Crippen LogP contribution is -2.29. The van der Waals surface area contributed by atoms with Gasteiger partial charge in [-0.25, -0.2) is 0 Å². The quantitative estimate of drug-likeness (QED) is 0.602. The van der Waals surface area contributed by atoms with Gasteiger partial charge in [-0.05, 0) is 31.5 Å². The molecule has 0 unspecified atom stereocenters. The van der Waals surface area contributed by atoms with Crippen molar-refractivity contribution in [2.75, 3.05) is 26.2 Å². The molecule has 1 N–H and O–H groups in total. The van der Waals surface area contributed by atoms with E-state index in [1.54, 1.807) is 0 Å². The number of nitrogens with zero attached hydrogens (tertiary/aromatic N) is 1. The molecule has 2 nitrogen and oxygen atoms in total. The van der Waals surface area contributed by atoms with Gasteiger partial charge in [0.15, 0.2) is 0 Å². The summed E-state index contributed by atoms with van der Waals surface area (Å²) in [6.07, 6.45) is 2.72. The fourth-order valence-electron chi connectivity index (χ4n) is 1.40. The third kappa shape index (κ3) is 4.44. The SMILES string of the molecule is C=C(CNC1CC1)CN(CC)CC. The van der Waals surface area contributed by atoms with E-state index in [2.05, 4.69) is 30.6 Å². The minimum absolute atomic E-state index is 0.799. The summed E-state index contributed by atoms with van der Waals surface area (Å²) in [4.78, 5) is 2.40. The highest BCUT2D eigenvalue weighted by Gasteiger charge is 2.20. The largest absolute Gasteiger partial charge is 0.310 e. The van der Waals surface area contributed by atoms with Gasteiger partial charge in [0.1, 0.15) is 0 Å². The third-order valence-electron chi connectivity index (χ3n) is 2.56. The molecule has 0 radical (unpaired) electrons. The molecule has 0 amide bonds. The predicted octanol–water partition coefficient (Wildman–Crippen LogP) is 1.64. The minimum Gasteiger partial charge on any atom is -0.310 e. The molecule has 0 atom stereocenters. The topological polar surface area (TPSA) is 15.3 Å². The summed E-state index contributed by atoms with van der Waals surface area (Å²) < 4.78 is 0. The van der Waals surface area contributed by atoms with E-state index in [1.165, 1.54) is 18.4 Å². The Kier molecular flexibility index (Phi) is 4.46.